The lowest BCUT2D eigenvalue weighted by Gasteiger charge is -2.35. The molecule has 0 spiro atoms. The van der Waals surface area contributed by atoms with Crippen molar-refractivity contribution in [2.24, 2.45) is 0 Å². The smallest absolute Gasteiger partial charge is 0.233 e. The molecule has 0 N–H and O–H groups in total. The minimum absolute atomic E-state index is 0.0802. The lowest BCUT2D eigenvalue weighted by Crippen LogP contribution is -2.48. The maximum atomic E-state index is 12.2. The average molecular weight is 334 g/mol. The Kier molecular flexibility index (Phi) is 5.61. The zero-order valence-electron chi connectivity index (χ0n) is 11.4. The van der Waals surface area contributed by atoms with E-state index in [1.165, 1.54) is 11.8 Å². The SMILES string of the molecule is CC1CN(C(=O)CSc2c(Cl)cccc2Cl)CC(C)O1. The van der Waals surface area contributed by atoms with E-state index in [1.807, 2.05) is 18.7 Å². The van der Waals surface area contributed by atoms with E-state index in [9.17, 15) is 4.79 Å². The highest BCUT2D eigenvalue weighted by Gasteiger charge is 2.25. The second-order valence-electron chi connectivity index (χ2n) is 4.90. The van der Waals surface area contributed by atoms with Gasteiger partial charge in [0.2, 0.25) is 5.91 Å². The highest BCUT2D eigenvalue weighted by atomic mass is 35.5. The van der Waals surface area contributed by atoms with Crippen LogP contribution in [0.3, 0.4) is 0 Å². The molecule has 2 atom stereocenters. The van der Waals surface area contributed by atoms with Gasteiger partial charge in [-0.15, -0.1) is 11.8 Å². The van der Waals surface area contributed by atoms with Crippen molar-refractivity contribution in [3.63, 3.8) is 0 Å². The Morgan fingerprint density at radius 1 is 1.30 bits per heavy atom. The van der Waals surface area contributed by atoms with Crippen LogP contribution < -0.4 is 0 Å². The van der Waals surface area contributed by atoms with Crippen molar-refractivity contribution >= 4 is 40.9 Å². The van der Waals surface area contributed by atoms with Crippen LogP contribution >= 0.6 is 35.0 Å². The largest absolute Gasteiger partial charge is 0.372 e. The Bertz CT molecular complexity index is 468. The molecule has 1 aromatic carbocycles. The fraction of sp³-hybridized carbons (Fsp3) is 0.500. The molecule has 0 radical (unpaired) electrons. The topological polar surface area (TPSA) is 29.5 Å². The first kappa shape index (κ1) is 16.0. The number of nitrogens with zero attached hydrogens (tertiary/aromatic N) is 1. The summed E-state index contributed by atoms with van der Waals surface area (Å²) >= 11 is 13.6. The summed E-state index contributed by atoms with van der Waals surface area (Å²) in [6.07, 6.45) is 0.160. The normalized spacial score (nSPS) is 22.9. The molecule has 2 rings (SSSR count). The van der Waals surface area contributed by atoms with Crippen LogP contribution in [0.25, 0.3) is 0 Å². The highest BCUT2D eigenvalue weighted by Crippen LogP contribution is 2.34. The van der Waals surface area contributed by atoms with E-state index in [2.05, 4.69) is 0 Å². The van der Waals surface area contributed by atoms with Crippen molar-refractivity contribution < 1.29 is 9.53 Å². The predicted molar refractivity (Wildman–Crippen MR) is 83.8 cm³/mol. The number of benzene rings is 1. The van der Waals surface area contributed by atoms with Crippen molar-refractivity contribution in [1.29, 1.82) is 0 Å². The van der Waals surface area contributed by atoms with E-state index in [-0.39, 0.29) is 18.1 Å². The van der Waals surface area contributed by atoms with Gasteiger partial charge in [-0.3, -0.25) is 4.79 Å². The van der Waals surface area contributed by atoms with Crippen molar-refractivity contribution in [2.45, 2.75) is 31.0 Å². The number of halogens is 2. The summed E-state index contributed by atoms with van der Waals surface area (Å²) < 4.78 is 5.62. The van der Waals surface area contributed by atoms with Crippen LogP contribution in [0.5, 0.6) is 0 Å². The van der Waals surface area contributed by atoms with Gasteiger partial charge < -0.3 is 9.64 Å². The van der Waals surface area contributed by atoms with Crippen molar-refractivity contribution in [3.8, 4) is 0 Å². The van der Waals surface area contributed by atoms with E-state index >= 15 is 0 Å². The average Bonchev–Trinajstić information content (AvgIpc) is 2.36. The van der Waals surface area contributed by atoms with Gasteiger partial charge in [-0.1, -0.05) is 29.3 Å². The van der Waals surface area contributed by atoms with Gasteiger partial charge >= 0.3 is 0 Å². The maximum absolute atomic E-state index is 12.2. The first-order chi connectivity index (χ1) is 9.47. The Hall–Kier alpha value is -0.420. The van der Waals surface area contributed by atoms with Crippen LogP contribution in [0, 0.1) is 0 Å². The highest BCUT2D eigenvalue weighted by molar-refractivity contribution is 8.00. The third-order valence-corrected chi connectivity index (χ3v) is 5.01. The van der Waals surface area contributed by atoms with Crippen molar-refractivity contribution in [3.05, 3.63) is 28.2 Å². The first-order valence-corrected chi connectivity index (χ1v) is 8.21. The van der Waals surface area contributed by atoms with Crippen LogP contribution in [-0.4, -0.2) is 41.9 Å². The molecule has 0 aromatic heterocycles. The fourth-order valence-electron chi connectivity index (χ4n) is 2.23. The Morgan fingerprint density at radius 3 is 2.40 bits per heavy atom. The van der Waals surface area contributed by atoms with Gasteiger partial charge in [0.05, 0.1) is 28.0 Å². The van der Waals surface area contributed by atoms with E-state index < -0.39 is 0 Å². The molecule has 2 unspecified atom stereocenters. The summed E-state index contributed by atoms with van der Waals surface area (Å²) in [6, 6.07) is 5.35. The van der Waals surface area contributed by atoms with E-state index in [0.717, 1.165) is 4.90 Å². The first-order valence-electron chi connectivity index (χ1n) is 6.47. The fourth-order valence-corrected chi connectivity index (χ4v) is 3.81. The molecule has 1 fully saturated rings. The Balaban J connectivity index is 1.95. The molecule has 3 nitrogen and oxygen atoms in total. The number of carbonyl (C=O) groups is 1. The number of hydrogen-bond donors (Lipinski definition) is 0. The summed E-state index contributed by atoms with van der Waals surface area (Å²) in [5, 5.41) is 1.16. The molecule has 1 saturated heterocycles. The number of hydrogen-bond acceptors (Lipinski definition) is 3. The summed E-state index contributed by atoms with van der Waals surface area (Å²) in [5.41, 5.74) is 0. The third kappa shape index (κ3) is 4.04. The number of ether oxygens (including phenoxy) is 1. The molecule has 1 aliphatic heterocycles. The summed E-state index contributed by atoms with van der Waals surface area (Å²) in [6.45, 7) is 5.24. The molecule has 0 saturated carbocycles. The van der Waals surface area contributed by atoms with Gasteiger partial charge in [0.25, 0.3) is 0 Å². The zero-order valence-corrected chi connectivity index (χ0v) is 13.8. The second kappa shape index (κ2) is 7.03. The summed E-state index contributed by atoms with van der Waals surface area (Å²) in [7, 11) is 0. The molecule has 1 amide bonds. The third-order valence-electron chi connectivity index (χ3n) is 3.03. The molecule has 0 bridgehead atoms. The van der Waals surface area contributed by atoms with Gasteiger partial charge in [-0.05, 0) is 26.0 Å². The van der Waals surface area contributed by atoms with Gasteiger partial charge in [-0.2, -0.15) is 0 Å². The van der Waals surface area contributed by atoms with Crippen LogP contribution in [0.2, 0.25) is 10.0 Å². The standard InChI is InChI=1S/C14H17Cl2NO2S/c1-9-6-17(7-10(2)19-9)13(18)8-20-14-11(15)4-3-5-12(14)16/h3-5,9-10H,6-8H2,1-2H3. The molecular formula is C14H17Cl2NO2S. The van der Waals surface area contributed by atoms with Crippen molar-refractivity contribution in [2.75, 3.05) is 18.8 Å². The van der Waals surface area contributed by atoms with Crippen LogP contribution in [0.4, 0.5) is 0 Å². The van der Waals surface area contributed by atoms with Gasteiger partial charge in [0, 0.05) is 18.0 Å². The number of thioether (sulfide) groups is 1. The minimum atomic E-state index is 0.0802. The lowest BCUT2D eigenvalue weighted by molar-refractivity contribution is -0.140. The molecule has 0 aliphatic carbocycles. The quantitative estimate of drug-likeness (QED) is 0.789. The van der Waals surface area contributed by atoms with E-state index in [4.69, 9.17) is 27.9 Å². The predicted octanol–water partition coefficient (Wildman–Crippen LogP) is 3.72. The molecule has 6 heteroatoms. The van der Waals surface area contributed by atoms with Crippen LogP contribution in [-0.2, 0) is 9.53 Å². The number of carbonyl (C=O) groups excluding carboxylic acids is 1. The Morgan fingerprint density at radius 2 is 1.85 bits per heavy atom. The molecule has 20 heavy (non-hydrogen) atoms. The van der Waals surface area contributed by atoms with Crippen LogP contribution in [0.15, 0.2) is 23.1 Å². The summed E-state index contributed by atoms with van der Waals surface area (Å²) in [4.78, 5) is 14.9. The molecular weight excluding hydrogens is 317 g/mol. The van der Waals surface area contributed by atoms with E-state index in [1.54, 1.807) is 18.2 Å². The summed E-state index contributed by atoms with van der Waals surface area (Å²) in [5.74, 6) is 0.427. The van der Waals surface area contributed by atoms with Crippen molar-refractivity contribution in [1.82, 2.24) is 4.90 Å². The zero-order chi connectivity index (χ0) is 14.7. The van der Waals surface area contributed by atoms with Gasteiger partial charge in [0.1, 0.15) is 0 Å². The van der Waals surface area contributed by atoms with Crippen LogP contribution in [0.1, 0.15) is 13.8 Å². The molecule has 110 valence electrons. The minimum Gasteiger partial charge on any atom is -0.372 e. The monoisotopic (exact) mass is 333 g/mol. The number of rotatable bonds is 3. The second-order valence-corrected chi connectivity index (χ2v) is 6.70. The lowest BCUT2D eigenvalue weighted by atomic mass is 10.2. The van der Waals surface area contributed by atoms with Gasteiger partial charge in [-0.25, -0.2) is 0 Å². The molecule has 1 heterocycles. The van der Waals surface area contributed by atoms with Gasteiger partial charge in [0.15, 0.2) is 0 Å². The number of amides is 1. The Labute approximate surface area is 133 Å². The number of morpholine rings is 1. The maximum Gasteiger partial charge on any atom is 0.233 e. The van der Waals surface area contributed by atoms with E-state index in [0.29, 0.717) is 28.9 Å². The molecule has 1 aromatic rings. The molecule has 1 aliphatic rings.